The smallest absolute Gasteiger partial charge is 0.326 e. The quantitative estimate of drug-likeness (QED) is 0.345. The summed E-state index contributed by atoms with van der Waals surface area (Å²) in [5.41, 5.74) is 3.13. The van der Waals surface area contributed by atoms with Crippen molar-refractivity contribution in [1.82, 2.24) is 9.55 Å². The SMILES string of the molecule is CCOC(=O)CN(c1ccc2c(c1)nc(CNc1ccc(C#N)cc1)n2C)S(=O)(=O)c1ccccc1. The summed E-state index contributed by atoms with van der Waals surface area (Å²) in [7, 11) is -2.15. The molecule has 0 aliphatic heterocycles. The molecule has 9 nitrogen and oxygen atoms in total. The number of aryl methyl sites for hydroxylation is 1. The fourth-order valence-corrected chi connectivity index (χ4v) is 5.18. The van der Waals surface area contributed by atoms with E-state index >= 15 is 0 Å². The molecule has 0 saturated carbocycles. The highest BCUT2D eigenvalue weighted by atomic mass is 32.2. The van der Waals surface area contributed by atoms with Gasteiger partial charge >= 0.3 is 5.97 Å². The monoisotopic (exact) mass is 503 g/mol. The standard InChI is InChI=1S/C26H25N5O4S/c1-3-35-26(32)18-31(36(33,34)22-7-5-4-6-8-22)21-13-14-24-23(15-21)29-25(30(24)2)17-28-20-11-9-19(16-27)10-12-20/h4-15,28H,3,17-18H2,1-2H3. The zero-order valence-electron chi connectivity index (χ0n) is 19.9. The van der Waals surface area contributed by atoms with Crippen LogP contribution in [0.2, 0.25) is 0 Å². The van der Waals surface area contributed by atoms with Crippen molar-refractivity contribution < 1.29 is 17.9 Å². The average Bonchev–Trinajstić information content (AvgIpc) is 3.21. The van der Waals surface area contributed by atoms with Crippen LogP contribution in [0.3, 0.4) is 0 Å². The number of carbonyl (C=O) groups is 1. The molecular formula is C26H25N5O4S. The fraction of sp³-hybridized carbons (Fsp3) is 0.192. The molecule has 0 fully saturated rings. The van der Waals surface area contributed by atoms with E-state index in [-0.39, 0.29) is 11.5 Å². The lowest BCUT2D eigenvalue weighted by Gasteiger charge is -2.23. The van der Waals surface area contributed by atoms with Crippen molar-refractivity contribution in [3.63, 3.8) is 0 Å². The van der Waals surface area contributed by atoms with Crippen molar-refractivity contribution >= 4 is 38.4 Å². The van der Waals surface area contributed by atoms with Gasteiger partial charge in [-0.2, -0.15) is 5.26 Å². The van der Waals surface area contributed by atoms with E-state index in [2.05, 4.69) is 16.4 Å². The van der Waals surface area contributed by atoms with Crippen LogP contribution in [0.4, 0.5) is 11.4 Å². The van der Waals surface area contributed by atoms with Gasteiger partial charge in [0.2, 0.25) is 0 Å². The van der Waals surface area contributed by atoms with Crippen LogP contribution in [0.1, 0.15) is 18.3 Å². The van der Waals surface area contributed by atoms with Gasteiger partial charge in [-0.1, -0.05) is 18.2 Å². The summed E-state index contributed by atoms with van der Waals surface area (Å²) in [4.78, 5) is 17.1. The Labute approximate surface area is 209 Å². The Balaban J connectivity index is 1.66. The Morgan fingerprint density at radius 2 is 1.83 bits per heavy atom. The van der Waals surface area contributed by atoms with Crippen molar-refractivity contribution in [3.05, 3.63) is 84.2 Å². The zero-order chi connectivity index (χ0) is 25.7. The van der Waals surface area contributed by atoms with Crippen LogP contribution in [-0.2, 0) is 33.1 Å². The number of carbonyl (C=O) groups excluding carboxylic acids is 1. The number of sulfonamides is 1. The third-order valence-electron chi connectivity index (χ3n) is 5.62. The highest BCUT2D eigenvalue weighted by Gasteiger charge is 2.28. The van der Waals surface area contributed by atoms with Gasteiger partial charge in [-0.15, -0.1) is 0 Å². The van der Waals surface area contributed by atoms with E-state index in [1.165, 1.54) is 12.1 Å². The van der Waals surface area contributed by atoms with Crippen LogP contribution in [0.25, 0.3) is 11.0 Å². The number of nitriles is 1. The minimum atomic E-state index is -4.03. The largest absolute Gasteiger partial charge is 0.465 e. The number of benzene rings is 3. The molecule has 1 heterocycles. The topological polar surface area (TPSA) is 117 Å². The van der Waals surface area contributed by atoms with Gasteiger partial charge in [0.25, 0.3) is 10.0 Å². The Hall–Kier alpha value is -4.36. The van der Waals surface area contributed by atoms with Gasteiger partial charge in [0.1, 0.15) is 12.4 Å². The molecule has 3 aromatic carbocycles. The first-order valence-electron chi connectivity index (χ1n) is 11.3. The Bertz CT molecular complexity index is 1520. The summed E-state index contributed by atoms with van der Waals surface area (Å²) in [6, 6.07) is 22.2. The van der Waals surface area contributed by atoms with E-state index in [4.69, 9.17) is 10.00 Å². The van der Waals surface area contributed by atoms with Crippen molar-refractivity contribution in [3.8, 4) is 6.07 Å². The molecule has 0 saturated heterocycles. The number of hydrogen-bond acceptors (Lipinski definition) is 7. The molecule has 36 heavy (non-hydrogen) atoms. The van der Waals surface area contributed by atoms with E-state index in [0.717, 1.165) is 21.3 Å². The zero-order valence-corrected chi connectivity index (χ0v) is 20.7. The van der Waals surface area contributed by atoms with E-state index < -0.39 is 22.5 Å². The minimum absolute atomic E-state index is 0.0720. The predicted molar refractivity (Wildman–Crippen MR) is 137 cm³/mol. The Morgan fingerprint density at radius 1 is 1.11 bits per heavy atom. The van der Waals surface area contributed by atoms with E-state index in [1.807, 2.05) is 23.7 Å². The molecule has 0 unspecified atom stereocenters. The van der Waals surface area contributed by atoms with Crippen LogP contribution in [0, 0.1) is 11.3 Å². The molecule has 1 aromatic heterocycles. The lowest BCUT2D eigenvalue weighted by atomic mass is 10.2. The van der Waals surface area contributed by atoms with Gasteiger partial charge in [-0.3, -0.25) is 9.10 Å². The number of esters is 1. The van der Waals surface area contributed by atoms with E-state index in [9.17, 15) is 13.2 Å². The highest BCUT2D eigenvalue weighted by Crippen LogP contribution is 2.28. The van der Waals surface area contributed by atoms with Gasteiger partial charge in [0.15, 0.2) is 0 Å². The molecule has 4 aromatic rings. The molecule has 0 atom stereocenters. The molecule has 0 aliphatic carbocycles. The van der Waals surface area contributed by atoms with Gasteiger partial charge < -0.3 is 14.6 Å². The molecule has 4 rings (SSSR count). The molecule has 0 amide bonds. The Kier molecular flexibility index (Phi) is 7.22. The number of hydrogen-bond donors (Lipinski definition) is 1. The predicted octanol–water partition coefficient (Wildman–Crippen LogP) is 3.82. The van der Waals surface area contributed by atoms with Crippen molar-refractivity contribution in [1.29, 1.82) is 5.26 Å². The minimum Gasteiger partial charge on any atom is -0.465 e. The summed E-state index contributed by atoms with van der Waals surface area (Å²) < 4.78 is 34.9. The molecular weight excluding hydrogens is 478 g/mol. The van der Waals surface area contributed by atoms with Gasteiger partial charge in [-0.25, -0.2) is 13.4 Å². The second-order valence-electron chi connectivity index (χ2n) is 7.93. The van der Waals surface area contributed by atoms with Crippen LogP contribution in [-0.4, -0.2) is 37.1 Å². The van der Waals surface area contributed by atoms with Gasteiger partial charge in [-0.05, 0) is 61.5 Å². The summed E-state index contributed by atoms with van der Waals surface area (Å²) >= 11 is 0. The maximum absolute atomic E-state index is 13.4. The first-order chi connectivity index (χ1) is 17.3. The van der Waals surface area contributed by atoms with E-state index in [0.29, 0.717) is 23.3 Å². The van der Waals surface area contributed by atoms with E-state index in [1.54, 1.807) is 55.5 Å². The summed E-state index contributed by atoms with van der Waals surface area (Å²) in [5, 5.41) is 12.2. The first-order valence-corrected chi connectivity index (χ1v) is 12.7. The summed E-state index contributed by atoms with van der Waals surface area (Å²) in [5.74, 6) is 0.0831. The third kappa shape index (κ3) is 5.16. The van der Waals surface area contributed by atoms with Crippen LogP contribution in [0.15, 0.2) is 77.7 Å². The number of anilines is 2. The lowest BCUT2D eigenvalue weighted by Crippen LogP contribution is -2.36. The lowest BCUT2D eigenvalue weighted by molar-refractivity contribution is -0.141. The molecule has 0 radical (unpaired) electrons. The summed E-state index contributed by atoms with van der Waals surface area (Å²) in [6.45, 7) is 1.77. The number of aromatic nitrogens is 2. The highest BCUT2D eigenvalue weighted by molar-refractivity contribution is 7.92. The van der Waals surface area contributed by atoms with Gasteiger partial charge in [0, 0.05) is 12.7 Å². The maximum Gasteiger partial charge on any atom is 0.326 e. The second-order valence-corrected chi connectivity index (χ2v) is 9.79. The van der Waals surface area contributed by atoms with Gasteiger partial charge in [0.05, 0.1) is 46.4 Å². The molecule has 0 bridgehead atoms. The normalized spacial score (nSPS) is 11.1. The van der Waals surface area contributed by atoms with Crippen LogP contribution in [0.5, 0.6) is 0 Å². The molecule has 0 spiro atoms. The van der Waals surface area contributed by atoms with Crippen LogP contribution < -0.4 is 9.62 Å². The number of rotatable bonds is 9. The second kappa shape index (κ2) is 10.5. The van der Waals surface area contributed by atoms with Crippen molar-refractivity contribution in [2.75, 3.05) is 22.8 Å². The Morgan fingerprint density at radius 3 is 2.50 bits per heavy atom. The number of fused-ring (bicyclic) bond motifs is 1. The molecule has 184 valence electrons. The number of nitrogens with zero attached hydrogens (tertiary/aromatic N) is 4. The number of imidazole rings is 1. The van der Waals surface area contributed by atoms with Crippen molar-refractivity contribution in [2.24, 2.45) is 7.05 Å². The number of nitrogens with one attached hydrogen (secondary N) is 1. The third-order valence-corrected chi connectivity index (χ3v) is 7.41. The molecule has 10 heteroatoms. The average molecular weight is 504 g/mol. The summed E-state index contributed by atoms with van der Waals surface area (Å²) in [6.07, 6.45) is 0. The fourth-order valence-electron chi connectivity index (χ4n) is 3.75. The molecule has 0 aliphatic rings. The number of ether oxygens (including phenoxy) is 1. The van der Waals surface area contributed by atoms with Crippen LogP contribution >= 0.6 is 0 Å². The van der Waals surface area contributed by atoms with Crippen molar-refractivity contribution in [2.45, 2.75) is 18.4 Å². The first kappa shape index (κ1) is 24.8. The molecule has 1 N–H and O–H groups in total. The maximum atomic E-state index is 13.4.